The van der Waals surface area contributed by atoms with Gasteiger partial charge < -0.3 is 5.73 Å². The molecule has 0 heterocycles. The largest absolute Gasteiger partial charge is 0.416 e. The Morgan fingerprint density at radius 2 is 1.29 bits per heavy atom. The average molecular weight is 356 g/mol. The summed E-state index contributed by atoms with van der Waals surface area (Å²) < 4.78 is 37.8. The van der Waals surface area contributed by atoms with Crippen molar-refractivity contribution in [2.45, 2.75) is 37.9 Å². The fourth-order valence-electron chi connectivity index (χ4n) is 3.34. The first-order valence-corrected chi connectivity index (χ1v) is 7.98. The van der Waals surface area contributed by atoms with E-state index in [2.05, 4.69) is 0 Å². The van der Waals surface area contributed by atoms with Gasteiger partial charge in [0, 0.05) is 6.04 Å². The summed E-state index contributed by atoms with van der Waals surface area (Å²) in [5.74, 6) is 0.548. The van der Waals surface area contributed by atoms with Crippen molar-refractivity contribution in [2.24, 2.45) is 11.7 Å². The lowest BCUT2D eigenvalue weighted by Crippen LogP contribution is -2.18. The fourth-order valence-corrected chi connectivity index (χ4v) is 3.34. The van der Waals surface area contributed by atoms with Gasteiger partial charge in [-0.1, -0.05) is 49.2 Å². The molecule has 1 nitrogen and oxygen atoms in total. The summed E-state index contributed by atoms with van der Waals surface area (Å²) >= 11 is 0. The van der Waals surface area contributed by atoms with Crippen LogP contribution in [0.25, 0.3) is 11.1 Å². The van der Waals surface area contributed by atoms with Crippen LogP contribution in [0.2, 0.25) is 0 Å². The number of hydrogen-bond donors (Lipinski definition) is 1. The van der Waals surface area contributed by atoms with E-state index >= 15 is 0 Å². The molecule has 3 rings (SSSR count). The van der Waals surface area contributed by atoms with Crippen LogP contribution in [0.1, 0.15) is 42.9 Å². The number of hydrogen-bond acceptors (Lipinski definition) is 1. The van der Waals surface area contributed by atoms with E-state index in [0.29, 0.717) is 5.92 Å². The number of halogens is 4. The van der Waals surface area contributed by atoms with Crippen molar-refractivity contribution < 1.29 is 13.2 Å². The highest BCUT2D eigenvalue weighted by atomic mass is 35.5. The Hall–Kier alpha value is -1.52. The summed E-state index contributed by atoms with van der Waals surface area (Å²) in [7, 11) is 0. The molecule has 0 unspecified atom stereocenters. The van der Waals surface area contributed by atoms with Crippen LogP contribution in [-0.4, -0.2) is 0 Å². The predicted octanol–water partition coefficient (Wildman–Crippen LogP) is 5.98. The van der Waals surface area contributed by atoms with E-state index in [0.717, 1.165) is 28.8 Å². The number of rotatable bonds is 3. The maximum Gasteiger partial charge on any atom is 0.416 e. The molecule has 2 aromatic carbocycles. The molecule has 130 valence electrons. The molecule has 2 aromatic rings. The third-order valence-corrected chi connectivity index (χ3v) is 4.75. The van der Waals surface area contributed by atoms with Crippen LogP contribution in [0.15, 0.2) is 48.5 Å². The molecule has 0 saturated heterocycles. The minimum atomic E-state index is -4.30. The molecule has 0 spiro atoms. The Labute approximate surface area is 146 Å². The molecular formula is C19H21ClF3N. The molecule has 2 N–H and O–H groups in total. The van der Waals surface area contributed by atoms with E-state index in [-0.39, 0.29) is 18.4 Å². The lowest BCUT2D eigenvalue weighted by atomic mass is 9.91. The van der Waals surface area contributed by atoms with E-state index in [1.54, 1.807) is 0 Å². The van der Waals surface area contributed by atoms with E-state index in [1.165, 1.54) is 37.8 Å². The van der Waals surface area contributed by atoms with Gasteiger partial charge in [-0.2, -0.15) is 13.2 Å². The SMILES string of the molecule is Cl.N[C@@H](c1ccc(-c2ccc(C(F)(F)F)cc2)cc1)C1CCCC1. The van der Waals surface area contributed by atoms with Crippen LogP contribution < -0.4 is 5.73 Å². The highest BCUT2D eigenvalue weighted by molar-refractivity contribution is 5.85. The van der Waals surface area contributed by atoms with Gasteiger partial charge in [-0.05, 0) is 47.6 Å². The van der Waals surface area contributed by atoms with Crippen LogP contribution >= 0.6 is 12.4 Å². The van der Waals surface area contributed by atoms with Crippen molar-refractivity contribution >= 4 is 12.4 Å². The molecule has 1 aliphatic carbocycles. The molecule has 0 radical (unpaired) electrons. The van der Waals surface area contributed by atoms with E-state index in [1.807, 2.05) is 24.3 Å². The average Bonchev–Trinajstić information content (AvgIpc) is 3.08. The molecule has 0 amide bonds. The van der Waals surface area contributed by atoms with E-state index in [4.69, 9.17) is 5.73 Å². The zero-order chi connectivity index (χ0) is 16.4. The first kappa shape index (κ1) is 18.8. The van der Waals surface area contributed by atoms with Crippen LogP contribution in [-0.2, 0) is 6.18 Å². The third kappa shape index (κ3) is 4.11. The Kier molecular flexibility index (Phi) is 5.94. The van der Waals surface area contributed by atoms with Crippen LogP contribution in [0.3, 0.4) is 0 Å². The fraction of sp³-hybridized carbons (Fsp3) is 0.368. The molecule has 1 saturated carbocycles. The van der Waals surface area contributed by atoms with Gasteiger partial charge in [-0.25, -0.2) is 0 Å². The molecule has 1 fully saturated rings. The van der Waals surface area contributed by atoms with Crippen LogP contribution in [0.4, 0.5) is 13.2 Å². The first-order chi connectivity index (χ1) is 10.9. The second kappa shape index (κ2) is 7.58. The van der Waals surface area contributed by atoms with Crippen molar-refractivity contribution in [1.29, 1.82) is 0 Å². The van der Waals surface area contributed by atoms with Gasteiger partial charge >= 0.3 is 6.18 Å². The van der Waals surface area contributed by atoms with Gasteiger partial charge in [0.2, 0.25) is 0 Å². The molecule has 0 aromatic heterocycles. The van der Waals surface area contributed by atoms with E-state index in [9.17, 15) is 13.2 Å². The van der Waals surface area contributed by atoms with E-state index < -0.39 is 11.7 Å². The second-order valence-corrected chi connectivity index (χ2v) is 6.27. The molecule has 24 heavy (non-hydrogen) atoms. The zero-order valence-electron chi connectivity index (χ0n) is 13.2. The Morgan fingerprint density at radius 1 is 0.833 bits per heavy atom. The van der Waals surface area contributed by atoms with Gasteiger partial charge in [0.1, 0.15) is 0 Å². The lowest BCUT2D eigenvalue weighted by molar-refractivity contribution is -0.137. The normalized spacial score (nSPS) is 16.7. The predicted molar refractivity (Wildman–Crippen MR) is 93.0 cm³/mol. The van der Waals surface area contributed by atoms with Crippen molar-refractivity contribution in [2.75, 3.05) is 0 Å². The summed E-state index contributed by atoms with van der Waals surface area (Å²) in [6, 6.07) is 13.2. The van der Waals surface area contributed by atoms with Gasteiger partial charge in [-0.15, -0.1) is 12.4 Å². The summed E-state index contributed by atoms with van der Waals surface area (Å²) in [6.45, 7) is 0. The molecular weight excluding hydrogens is 335 g/mol. The summed E-state index contributed by atoms with van der Waals surface area (Å²) in [5, 5.41) is 0. The molecule has 0 aliphatic heterocycles. The zero-order valence-corrected chi connectivity index (χ0v) is 14.0. The highest BCUT2D eigenvalue weighted by Gasteiger charge is 2.30. The van der Waals surface area contributed by atoms with Gasteiger partial charge in [0.05, 0.1) is 5.56 Å². The van der Waals surface area contributed by atoms with Crippen molar-refractivity contribution in [3.8, 4) is 11.1 Å². The van der Waals surface area contributed by atoms with Crippen LogP contribution in [0, 0.1) is 5.92 Å². The topological polar surface area (TPSA) is 26.0 Å². The van der Waals surface area contributed by atoms with Crippen molar-refractivity contribution in [3.63, 3.8) is 0 Å². The third-order valence-electron chi connectivity index (χ3n) is 4.75. The first-order valence-electron chi connectivity index (χ1n) is 7.98. The quantitative estimate of drug-likeness (QED) is 0.719. The second-order valence-electron chi connectivity index (χ2n) is 6.27. The summed E-state index contributed by atoms with van der Waals surface area (Å²) in [6.07, 6.45) is 0.574. The number of alkyl halides is 3. The standard InChI is InChI=1S/C19H20F3N.ClH/c20-19(21,22)17-11-9-14(10-12-17)13-5-7-16(8-6-13)18(23)15-3-1-2-4-15;/h5-12,15,18H,1-4,23H2;1H/t18-;/m1./s1. The summed E-state index contributed by atoms with van der Waals surface area (Å²) in [4.78, 5) is 0. The maximum absolute atomic E-state index is 12.6. The number of nitrogens with two attached hydrogens (primary N) is 1. The monoisotopic (exact) mass is 355 g/mol. The van der Waals surface area contributed by atoms with Gasteiger partial charge in [0.25, 0.3) is 0 Å². The minimum Gasteiger partial charge on any atom is -0.324 e. The van der Waals surface area contributed by atoms with Crippen molar-refractivity contribution in [3.05, 3.63) is 59.7 Å². The van der Waals surface area contributed by atoms with Crippen LogP contribution in [0.5, 0.6) is 0 Å². The molecule has 1 aliphatic rings. The molecule has 0 bridgehead atoms. The van der Waals surface area contributed by atoms with Gasteiger partial charge in [-0.3, -0.25) is 0 Å². The Balaban J connectivity index is 0.00000208. The minimum absolute atomic E-state index is 0. The highest BCUT2D eigenvalue weighted by Crippen LogP contribution is 2.35. The number of benzene rings is 2. The smallest absolute Gasteiger partial charge is 0.324 e. The lowest BCUT2D eigenvalue weighted by Gasteiger charge is -2.19. The van der Waals surface area contributed by atoms with Crippen molar-refractivity contribution in [1.82, 2.24) is 0 Å². The maximum atomic E-state index is 12.6. The Morgan fingerprint density at radius 3 is 1.75 bits per heavy atom. The molecule has 5 heteroatoms. The summed E-state index contributed by atoms with van der Waals surface area (Å²) in [5.41, 5.74) is 8.49. The Bertz CT molecular complexity index is 644. The molecule has 1 atom stereocenters. The van der Waals surface area contributed by atoms with Gasteiger partial charge in [0.15, 0.2) is 0 Å².